The minimum atomic E-state index is -0.334. The number of carbonyl (C=O) groups is 1. The summed E-state index contributed by atoms with van der Waals surface area (Å²) in [6, 6.07) is 6.27. The van der Waals surface area contributed by atoms with Crippen LogP contribution in [0.2, 0.25) is 10.0 Å². The first-order valence-corrected chi connectivity index (χ1v) is 7.08. The van der Waals surface area contributed by atoms with Crippen LogP contribution in [0.4, 0.5) is 5.69 Å². The second kappa shape index (κ2) is 5.48. The summed E-state index contributed by atoms with van der Waals surface area (Å²) in [5.41, 5.74) is 0.182. The van der Waals surface area contributed by atoms with Gasteiger partial charge in [0.2, 0.25) is 0 Å². The average Bonchev–Trinajstić information content (AvgIpc) is 2.72. The van der Waals surface area contributed by atoms with E-state index >= 15 is 0 Å². The Morgan fingerprint density at radius 1 is 1.33 bits per heavy atom. The Bertz CT molecular complexity index is 615. The third kappa shape index (κ3) is 2.98. The molecule has 0 saturated heterocycles. The van der Waals surface area contributed by atoms with Crippen molar-refractivity contribution in [1.29, 1.82) is 0 Å². The van der Waals surface area contributed by atoms with E-state index in [-0.39, 0.29) is 22.4 Å². The van der Waals surface area contributed by atoms with Crippen molar-refractivity contribution in [2.75, 3.05) is 5.32 Å². The molecule has 2 rings (SSSR count). The molecule has 0 aliphatic rings. The topological polar surface area (TPSA) is 49.3 Å². The quantitative estimate of drug-likeness (QED) is 0.751. The highest BCUT2D eigenvalue weighted by Crippen LogP contribution is 2.35. The summed E-state index contributed by atoms with van der Waals surface area (Å²) in [5, 5.41) is 12.7. The molecule has 18 heavy (non-hydrogen) atoms. The van der Waals surface area contributed by atoms with Crippen molar-refractivity contribution in [3.05, 3.63) is 43.0 Å². The Balaban J connectivity index is 2.27. The lowest BCUT2D eigenvalue weighted by Gasteiger charge is -2.08. The number of nitrogens with one attached hydrogen (secondary N) is 1. The van der Waals surface area contributed by atoms with Crippen molar-refractivity contribution in [1.82, 2.24) is 0 Å². The fourth-order valence-corrected chi connectivity index (χ4v) is 3.06. The number of carbonyl (C=O) groups excluding carboxylic acids is 1. The predicted molar refractivity (Wildman–Crippen MR) is 78.1 cm³/mol. The molecule has 2 aromatic rings. The van der Waals surface area contributed by atoms with Gasteiger partial charge in [0, 0.05) is 5.02 Å². The van der Waals surface area contributed by atoms with Crippen LogP contribution < -0.4 is 5.32 Å². The third-order valence-electron chi connectivity index (χ3n) is 2.07. The van der Waals surface area contributed by atoms with E-state index in [1.165, 1.54) is 23.5 Å². The maximum absolute atomic E-state index is 11.9. The van der Waals surface area contributed by atoms with Crippen molar-refractivity contribution in [2.45, 2.75) is 0 Å². The number of phenols is 1. The van der Waals surface area contributed by atoms with E-state index in [9.17, 15) is 9.90 Å². The van der Waals surface area contributed by atoms with Gasteiger partial charge in [-0.3, -0.25) is 4.79 Å². The molecular formula is C11H6BrCl2NO2S. The third-order valence-corrected chi connectivity index (χ3v) is 4.20. The zero-order chi connectivity index (χ0) is 13.3. The van der Waals surface area contributed by atoms with E-state index < -0.39 is 0 Å². The molecule has 0 atom stereocenters. The second-order valence-corrected chi connectivity index (χ2v) is 6.65. The number of phenolic OH excluding ortho intramolecular Hbond substituents is 1. The number of benzene rings is 1. The van der Waals surface area contributed by atoms with E-state index in [0.717, 1.165) is 3.79 Å². The van der Waals surface area contributed by atoms with Gasteiger partial charge in [0.05, 0.1) is 19.4 Å². The fourth-order valence-electron chi connectivity index (χ4n) is 1.28. The molecular weight excluding hydrogens is 361 g/mol. The number of halogens is 3. The van der Waals surface area contributed by atoms with Crippen molar-refractivity contribution < 1.29 is 9.90 Å². The first-order valence-electron chi connectivity index (χ1n) is 4.72. The maximum Gasteiger partial charge on any atom is 0.265 e. The Labute approximate surface area is 125 Å². The maximum atomic E-state index is 11.9. The molecule has 0 saturated carbocycles. The number of anilines is 1. The van der Waals surface area contributed by atoms with Gasteiger partial charge in [-0.1, -0.05) is 23.2 Å². The molecule has 3 nitrogen and oxygen atoms in total. The SMILES string of the molecule is O=C(Nc1cc(Cl)cc(Cl)c1O)c1ccc(Br)s1. The number of rotatable bonds is 2. The van der Waals surface area contributed by atoms with Crippen LogP contribution in [-0.4, -0.2) is 11.0 Å². The predicted octanol–water partition coefficient (Wildman–Crippen LogP) is 4.78. The Kier molecular flexibility index (Phi) is 4.17. The number of hydrogen-bond donors (Lipinski definition) is 2. The number of hydrogen-bond acceptors (Lipinski definition) is 3. The molecule has 94 valence electrons. The van der Waals surface area contributed by atoms with Crippen LogP contribution >= 0.6 is 50.5 Å². The summed E-state index contributed by atoms with van der Waals surface area (Å²) >= 11 is 16.1. The van der Waals surface area contributed by atoms with Gasteiger partial charge < -0.3 is 10.4 Å². The standard InChI is InChI=1S/C11H6BrCl2NO2S/c12-9-2-1-8(18-9)11(17)15-7-4-5(13)3-6(14)10(7)16/h1-4,16H,(H,15,17). The highest BCUT2D eigenvalue weighted by molar-refractivity contribution is 9.11. The molecule has 0 aliphatic carbocycles. The molecule has 2 N–H and O–H groups in total. The first kappa shape index (κ1) is 13.7. The number of thiophene rings is 1. The van der Waals surface area contributed by atoms with Crippen LogP contribution in [0.25, 0.3) is 0 Å². The van der Waals surface area contributed by atoms with E-state index in [2.05, 4.69) is 21.2 Å². The molecule has 0 spiro atoms. The lowest BCUT2D eigenvalue weighted by molar-refractivity contribution is 0.103. The van der Waals surface area contributed by atoms with Crippen LogP contribution in [0.15, 0.2) is 28.1 Å². The fraction of sp³-hybridized carbons (Fsp3) is 0. The Hall–Kier alpha value is -0.750. The van der Waals surface area contributed by atoms with Crippen molar-refractivity contribution in [2.24, 2.45) is 0 Å². The summed E-state index contributed by atoms with van der Waals surface area (Å²) in [4.78, 5) is 12.4. The first-order chi connectivity index (χ1) is 8.47. The van der Waals surface area contributed by atoms with Crippen LogP contribution in [0.3, 0.4) is 0 Å². The Morgan fingerprint density at radius 2 is 2.06 bits per heavy atom. The van der Waals surface area contributed by atoms with Gasteiger partial charge in [0.25, 0.3) is 5.91 Å². The molecule has 0 aliphatic heterocycles. The Morgan fingerprint density at radius 3 is 2.67 bits per heavy atom. The van der Waals surface area contributed by atoms with E-state index in [1.54, 1.807) is 12.1 Å². The van der Waals surface area contributed by atoms with Gasteiger partial charge in [0.1, 0.15) is 0 Å². The summed E-state index contributed by atoms with van der Waals surface area (Å²) in [6.45, 7) is 0. The van der Waals surface area contributed by atoms with Crippen LogP contribution in [0, 0.1) is 0 Å². The van der Waals surface area contributed by atoms with Gasteiger partial charge in [-0.2, -0.15) is 0 Å². The summed E-state index contributed by atoms with van der Waals surface area (Å²) < 4.78 is 0.848. The lowest BCUT2D eigenvalue weighted by atomic mass is 10.3. The minimum Gasteiger partial charge on any atom is -0.504 e. The molecule has 1 heterocycles. The van der Waals surface area contributed by atoms with Crippen LogP contribution in [-0.2, 0) is 0 Å². The van der Waals surface area contributed by atoms with Crippen LogP contribution in [0.5, 0.6) is 5.75 Å². The minimum absolute atomic E-state index is 0.0881. The smallest absolute Gasteiger partial charge is 0.265 e. The number of aromatic hydroxyl groups is 1. The molecule has 7 heteroatoms. The second-order valence-electron chi connectivity index (χ2n) is 3.34. The zero-order valence-corrected chi connectivity index (χ0v) is 12.6. The summed E-state index contributed by atoms with van der Waals surface area (Å²) in [5.74, 6) is -0.538. The molecule has 0 fully saturated rings. The highest BCUT2D eigenvalue weighted by atomic mass is 79.9. The van der Waals surface area contributed by atoms with Crippen molar-refractivity contribution >= 4 is 62.1 Å². The van der Waals surface area contributed by atoms with E-state index in [4.69, 9.17) is 23.2 Å². The van der Waals surface area contributed by atoms with Gasteiger partial charge in [-0.15, -0.1) is 11.3 Å². The highest BCUT2D eigenvalue weighted by Gasteiger charge is 2.13. The van der Waals surface area contributed by atoms with Gasteiger partial charge in [0.15, 0.2) is 5.75 Å². The zero-order valence-electron chi connectivity index (χ0n) is 8.71. The van der Waals surface area contributed by atoms with E-state index in [0.29, 0.717) is 9.90 Å². The van der Waals surface area contributed by atoms with E-state index in [1.807, 2.05) is 0 Å². The van der Waals surface area contributed by atoms with Gasteiger partial charge in [-0.05, 0) is 40.2 Å². The van der Waals surface area contributed by atoms with Gasteiger partial charge in [-0.25, -0.2) is 0 Å². The van der Waals surface area contributed by atoms with Crippen molar-refractivity contribution in [3.63, 3.8) is 0 Å². The monoisotopic (exact) mass is 365 g/mol. The normalized spacial score (nSPS) is 10.4. The molecule has 1 aromatic heterocycles. The molecule has 1 amide bonds. The molecule has 0 bridgehead atoms. The summed E-state index contributed by atoms with van der Waals surface area (Å²) in [6.07, 6.45) is 0. The summed E-state index contributed by atoms with van der Waals surface area (Å²) in [7, 11) is 0. The van der Waals surface area contributed by atoms with Crippen molar-refractivity contribution in [3.8, 4) is 5.75 Å². The largest absolute Gasteiger partial charge is 0.504 e. The molecule has 0 radical (unpaired) electrons. The molecule has 1 aromatic carbocycles. The van der Waals surface area contributed by atoms with Gasteiger partial charge >= 0.3 is 0 Å². The average molecular weight is 367 g/mol. The van der Waals surface area contributed by atoms with Crippen LogP contribution in [0.1, 0.15) is 9.67 Å². The molecule has 0 unspecified atom stereocenters. The number of amides is 1. The lowest BCUT2D eigenvalue weighted by Crippen LogP contribution is -2.10.